The summed E-state index contributed by atoms with van der Waals surface area (Å²) < 4.78 is 2.32. The number of aryl methyl sites for hydroxylation is 1. The van der Waals surface area contributed by atoms with Crippen LogP contribution in [0.1, 0.15) is 44.5 Å². The van der Waals surface area contributed by atoms with Gasteiger partial charge in [0.05, 0.1) is 17.8 Å². The van der Waals surface area contributed by atoms with Gasteiger partial charge in [0.15, 0.2) is 0 Å². The van der Waals surface area contributed by atoms with Crippen molar-refractivity contribution in [2.45, 2.75) is 51.2 Å². The number of aliphatic imine (C=N–C) groups is 1. The standard InChI is InChI=1S/C20H33N5/c1-7-21-19(16(2)3)17-10-8-11-18(24(17)6)20-22-12-15-25(20)14-9-13-23(4)5/h7,12,15,17-18H,1-2,8-11,13-14H2,3-6H3. The number of nitrogens with zero attached hydrogens (tertiary/aromatic N) is 5. The minimum absolute atomic E-state index is 0.279. The Hall–Kier alpha value is -1.72. The molecule has 2 unspecified atom stereocenters. The highest BCUT2D eigenvalue weighted by Gasteiger charge is 2.33. The minimum atomic E-state index is 0.279. The van der Waals surface area contributed by atoms with Crippen LogP contribution in [0.25, 0.3) is 0 Å². The summed E-state index contributed by atoms with van der Waals surface area (Å²) in [6.45, 7) is 12.0. The largest absolute Gasteiger partial charge is 0.334 e. The summed E-state index contributed by atoms with van der Waals surface area (Å²) in [5, 5.41) is 0. The monoisotopic (exact) mass is 343 g/mol. The van der Waals surface area contributed by atoms with Crippen molar-refractivity contribution >= 4 is 5.71 Å². The molecule has 0 aromatic carbocycles. The Balaban J connectivity index is 2.17. The molecule has 1 fully saturated rings. The quantitative estimate of drug-likeness (QED) is 0.678. The van der Waals surface area contributed by atoms with Crippen LogP contribution in [0.5, 0.6) is 0 Å². The Morgan fingerprint density at radius 1 is 1.44 bits per heavy atom. The van der Waals surface area contributed by atoms with Crippen molar-refractivity contribution in [1.82, 2.24) is 19.4 Å². The fourth-order valence-electron chi connectivity index (χ4n) is 3.71. The minimum Gasteiger partial charge on any atom is -0.334 e. The average molecular weight is 344 g/mol. The van der Waals surface area contributed by atoms with Crippen LogP contribution in [-0.2, 0) is 6.54 Å². The van der Waals surface area contributed by atoms with Gasteiger partial charge in [-0.05, 0) is 65.9 Å². The lowest BCUT2D eigenvalue weighted by Gasteiger charge is -2.40. The molecule has 2 rings (SSSR count). The van der Waals surface area contributed by atoms with Gasteiger partial charge in [0.2, 0.25) is 0 Å². The maximum Gasteiger partial charge on any atom is 0.126 e. The molecule has 0 radical (unpaired) electrons. The molecule has 1 aromatic heterocycles. The van der Waals surface area contributed by atoms with Crippen molar-refractivity contribution in [3.05, 3.63) is 43.1 Å². The Kier molecular flexibility index (Phi) is 7.14. The van der Waals surface area contributed by atoms with Crippen molar-refractivity contribution in [2.75, 3.05) is 27.7 Å². The van der Waals surface area contributed by atoms with Crippen LogP contribution >= 0.6 is 0 Å². The summed E-state index contributed by atoms with van der Waals surface area (Å²) >= 11 is 0. The lowest BCUT2D eigenvalue weighted by Crippen LogP contribution is -2.45. The molecule has 0 N–H and O–H groups in total. The Morgan fingerprint density at radius 2 is 2.20 bits per heavy atom. The highest BCUT2D eigenvalue weighted by Crippen LogP contribution is 2.33. The molecule has 2 heterocycles. The SMILES string of the molecule is C=CN=C(C(=C)C)C1CCCC(c2nccn2CCCN(C)C)N1C. The lowest BCUT2D eigenvalue weighted by atomic mass is 9.90. The number of hydrogen-bond donors (Lipinski definition) is 0. The van der Waals surface area contributed by atoms with Gasteiger partial charge < -0.3 is 9.47 Å². The van der Waals surface area contributed by atoms with Gasteiger partial charge in [-0.15, -0.1) is 0 Å². The Bertz CT molecular complexity index is 613. The zero-order chi connectivity index (χ0) is 18.4. The van der Waals surface area contributed by atoms with Crippen LogP contribution in [0.4, 0.5) is 0 Å². The van der Waals surface area contributed by atoms with E-state index in [1.165, 1.54) is 12.2 Å². The van der Waals surface area contributed by atoms with Crippen molar-refractivity contribution < 1.29 is 0 Å². The number of imidazole rings is 1. The van der Waals surface area contributed by atoms with Gasteiger partial charge in [0.1, 0.15) is 5.82 Å². The first-order valence-electron chi connectivity index (χ1n) is 9.17. The van der Waals surface area contributed by atoms with Crippen LogP contribution in [0.3, 0.4) is 0 Å². The zero-order valence-corrected chi connectivity index (χ0v) is 16.3. The fraction of sp³-hybridized carbons (Fsp3) is 0.600. The lowest BCUT2D eigenvalue weighted by molar-refractivity contribution is 0.144. The van der Waals surface area contributed by atoms with Crippen molar-refractivity contribution in [3.8, 4) is 0 Å². The molecular formula is C20H33N5. The number of aromatic nitrogens is 2. The molecule has 0 spiro atoms. The van der Waals surface area contributed by atoms with Gasteiger partial charge in [0, 0.05) is 25.1 Å². The average Bonchev–Trinajstić information content (AvgIpc) is 3.01. The van der Waals surface area contributed by atoms with Crippen molar-refractivity contribution in [1.29, 1.82) is 0 Å². The zero-order valence-electron chi connectivity index (χ0n) is 16.3. The van der Waals surface area contributed by atoms with Gasteiger partial charge in [-0.25, -0.2) is 4.98 Å². The smallest absolute Gasteiger partial charge is 0.126 e. The molecule has 0 amide bonds. The Morgan fingerprint density at radius 3 is 2.84 bits per heavy atom. The summed E-state index contributed by atoms with van der Waals surface area (Å²) in [5.74, 6) is 1.17. The highest BCUT2D eigenvalue weighted by atomic mass is 15.2. The fourth-order valence-corrected chi connectivity index (χ4v) is 3.71. The first kappa shape index (κ1) is 19.6. The maximum atomic E-state index is 4.70. The number of hydrogen-bond acceptors (Lipinski definition) is 4. The van der Waals surface area contributed by atoms with Crippen LogP contribution in [0.15, 0.2) is 42.3 Å². The van der Waals surface area contributed by atoms with E-state index < -0.39 is 0 Å². The molecular weight excluding hydrogens is 310 g/mol. The predicted molar refractivity (Wildman–Crippen MR) is 106 cm³/mol. The van der Waals surface area contributed by atoms with Crippen molar-refractivity contribution in [2.24, 2.45) is 4.99 Å². The second-order valence-corrected chi connectivity index (χ2v) is 7.24. The predicted octanol–water partition coefficient (Wildman–Crippen LogP) is 3.52. The topological polar surface area (TPSA) is 36.7 Å². The molecule has 0 bridgehead atoms. The third-order valence-corrected chi connectivity index (χ3v) is 4.97. The molecule has 138 valence electrons. The molecule has 1 aromatic rings. The third-order valence-electron chi connectivity index (χ3n) is 4.97. The second kappa shape index (κ2) is 9.11. The summed E-state index contributed by atoms with van der Waals surface area (Å²) in [6, 6.07) is 0.601. The summed E-state index contributed by atoms with van der Waals surface area (Å²) in [5.41, 5.74) is 2.07. The molecule has 5 heteroatoms. The van der Waals surface area contributed by atoms with E-state index in [-0.39, 0.29) is 6.04 Å². The van der Waals surface area contributed by atoms with E-state index in [2.05, 4.69) is 59.9 Å². The summed E-state index contributed by atoms with van der Waals surface area (Å²) in [6.07, 6.45) is 10.2. The molecule has 5 nitrogen and oxygen atoms in total. The first-order chi connectivity index (χ1) is 12.0. The van der Waals surface area contributed by atoms with Gasteiger partial charge in [-0.1, -0.05) is 13.2 Å². The van der Waals surface area contributed by atoms with E-state index in [0.29, 0.717) is 6.04 Å². The molecule has 1 aliphatic heterocycles. The van der Waals surface area contributed by atoms with Gasteiger partial charge in [-0.2, -0.15) is 0 Å². The first-order valence-corrected chi connectivity index (χ1v) is 9.17. The number of piperidine rings is 1. The van der Waals surface area contributed by atoms with Gasteiger partial charge >= 0.3 is 0 Å². The molecule has 25 heavy (non-hydrogen) atoms. The molecule has 0 saturated carbocycles. The van der Waals surface area contributed by atoms with Crippen LogP contribution in [-0.4, -0.2) is 58.8 Å². The maximum absolute atomic E-state index is 4.70. The van der Waals surface area contributed by atoms with E-state index in [1.807, 2.05) is 13.1 Å². The summed E-state index contributed by atoms with van der Waals surface area (Å²) in [7, 11) is 6.42. The highest BCUT2D eigenvalue weighted by molar-refractivity contribution is 6.03. The van der Waals surface area contributed by atoms with Crippen molar-refractivity contribution in [3.63, 3.8) is 0 Å². The summed E-state index contributed by atoms with van der Waals surface area (Å²) in [4.78, 5) is 13.9. The number of likely N-dealkylation sites (tertiary alicyclic amines) is 1. The molecule has 0 aliphatic carbocycles. The van der Waals surface area contributed by atoms with Crippen LogP contribution in [0, 0.1) is 0 Å². The van der Waals surface area contributed by atoms with E-state index in [0.717, 1.165) is 43.6 Å². The second-order valence-electron chi connectivity index (χ2n) is 7.24. The van der Waals surface area contributed by atoms with E-state index >= 15 is 0 Å². The van der Waals surface area contributed by atoms with Crippen LogP contribution < -0.4 is 0 Å². The van der Waals surface area contributed by atoms with E-state index in [9.17, 15) is 0 Å². The van der Waals surface area contributed by atoms with Gasteiger partial charge in [-0.3, -0.25) is 9.89 Å². The molecule has 2 atom stereocenters. The molecule has 1 saturated heterocycles. The van der Waals surface area contributed by atoms with E-state index in [1.54, 1.807) is 6.20 Å². The number of rotatable bonds is 8. The molecule has 1 aliphatic rings. The van der Waals surface area contributed by atoms with Crippen LogP contribution in [0.2, 0.25) is 0 Å². The third kappa shape index (κ3) is 4.89. The van der Waals surface area contributed by atoms with E-state index in [4.69, 9.17) is 4.98 Å². The van der Waals surface area contributed by atoms with Gasteiger partial charge in [0.25, 0.3) is 0 Å². The Labute approximate surface area is 152 Å². The normalized spacial score (nSPS) is 22.4.